The molecule has 0 atom stereocenters. The second-order valence-electron chi connectivity index (χ2n) is 3.38. The molecule has 5 heteroatoms. The number of hydrogen-bond acceptors (Lipinski definition) is 2. The van der Waals surface area contributed by atoms with E-state index in [0.29, 0.717) is 12.1 Å². The molecule has 0 spiro atoms. The number of carboxylic acids is 1. The minimum Gasteiger partial charge on any atom is -0.478 e. The number of aromatic carboxylic acids is 1. The van der Waals surface area contributed by atoms with Crippen LogP contribution < -0.4 is 5.32 Å². The van der Waals surface area contributed by atoms with E-state index in [9.17, 15) is 14.0 Å². The van der Waals surface area contributed by atoms with Crippen LogP contribution in [0.25, 0.3) is 6.08 Å². The van der Waals surface area contributed by atoms with Crippen molar-refractivity contribution in [1.82, 2.24) is 5.32 Å². The van der Waals surface area contributed by atoms with E-state index in [-0.39, 0.29) is 11.5 Å². The molecule has 0 saturated carbocycles. The molecular weight excluding hydrogens is 225 g/mol. The lowest BCUT2D eigenvalue weighted by Crippen LogP contribution is -2.19. The lowest BCUT2D eigenvalue weighted by Gasteiger charge is -1.99. The summed E-state index contributed by atoms with van der Waals surface area (Å²) in [6, 6.07) is 3.83. The number of carboxylic acid groups (broad SMARTS) is 1. The smallest absolute Gasteiger partial charge is 0.338 e. The van der Waals surface area contributed by atoms with Gasteiger partial charge in [0.2, 0.25) is 5.91 Å². The van der Waals surface area contributed by atoms with Crippen LogP contribution >= 0.6 is 0 Å². The molecule has 2 N–H and O–H groups in total. The standard InChI is InChI=1S/C12H12FNO3/c1-8(15)14-6-2-3-9-4-5-10(12(16)17)11(13)7-9/h2-5,7H,6H2,1H3,(H,14,15)(H,16,17). The Labute approximate surface area is 97.8 Å². The van der Waals surface area contributed by atoms with E-state index in [1.807, 2.05) is 0 Å². The predicted molar refractivity (Wildman–Crippen MR) is 61.1 cm³/mol. The second kappa shape index (κ2) is 5.79. The summed E-state index contributed by atoms with van der Waals surface area (Å²) in [4.78, 5) is 21.1. The molecule has 1 rings (SSSR count). The van der Waals surface area contributed by atoms with Crippen molar-refractivity contribution in [2.45, 2.75) is 6.92 Å². The highest BCUT2D eigenvalue weighted by Crippen LogP contribution is 2.11. The molecule has 1 aromatic carbocycles. The van der Waals surface area contributed by atoms with Crippen molar-refractivity contribution in [2.24, 2.45) is 0 Å². The topological polar surface area (TPSA) is 66.4 Å². The zero-order chi connectivity index (χ0) is 12.8. The molecule has 0 bridgehead atoms. The van der Waals surface area contributed by atoms with Crippen LogP contribution in [0.4, 0.5) is 4.39 Å². The molecular formula is C12H12FNO3. The lowest BCUT2D eigenvalue weighted by molar-refractivity contribution is -0.118. The van der Waals surface area contributed by atoms with Crippen LogP contribution in [0, 0.1) is 5.82 Å². The molecule has 17 heavy (non-hydrogen) atoms. The molecule has 1 amide bonds. The normalized spacial score (nSPS) is 10.5. The Bertz CT molecular complexity index is 469. The first-order chi connectivity index (χ1) is 8.00. The van der Waals surface area contributed by atoms with Gasteiger partial charge in [0.1, 0.15) is 5.82 Å². The lowest BCUT2D eigenvalue weighted by atomic mass is 10.1. The molecule has 0 aliphatic rings. The van der Waals surface area contributed by atoms with Crippen molar-refractivity contribution in [3.05, 3.63) is 41.2 Å². The number of carbonyl (C=O) groups is 2. The molecule has 0 saturated heterocycles. The Kier molecular flexibility index (Phi) is 4.39. The molecule has 0 unspecified atom stereocenters. The monoisotopic (exact) mass is 237 g/mol. The highest BCUT2D eigenvalue weighted by Gasteiger charge is 2.08. The molecule has 0 radical (unpaired) electrons. The summed E-state index contributed by atoms with van der Waals surface area (Å²) >= 11 is 0. The average Bonchev–Trinajstić information content (AvgIpc) is 2.23. The first-order valence-electron chi connectivity index (χ1n) is 4.94. The fourth-order valence-corrected chi connectivity index (χ4v) is 1.21. The maximum Gasteiger partial charge on any atom is 0.338 e. The van der Waals surface area contributed by atoms with E-state index in [4.69, 9.17) is 5.11 Å². The molecule has 0 aliphatic heterocycles. The van der Waals surface area contributed by atoms with Gasteiger partial charge in [-0.15, -0.1) is 0 Å². The Hall–Kier alpha value is -2.17. The molecule has 0 aliphatic carbocycles. The van der Waals surface area contributed by atoms with E-state index in [1.165, 1.54) is 19.1 Å². The van der Waals surface area contributed by atoms with Crippen LogP contribution in [0.15, 0.2) is 24.3 Å². The third-order valence-corrected chi connectivity index (χ3v) is 2.00. The number of benzene rings is 1. The fraction of sp³-hybridized carbons (Fsp3) is 0.167. The number of hydrogen-bond donors (Lipinski definition) is 2. The van der Waals surface area contributed by atoms with E-state index in [2.05, 4.69) is 5.32 Å². The van der Waals surface area contributed by atoms with Crippen LogP contribution in [0.2, 0.25) is 0 Å². The van der Waals surface area contributed by atoms with Crippen molar-refractivity contribution < 1.29 is 19.1 Å². The zero-order valence-corrected chi connectivity index (χ0v) is 9.24. The SMILES string of the molecule is CC(=O)NCC=Cc1ccc(C(=O)O)c(F)c1. The fourth-order valence-electron chi connectivity index (χ4n) is 1.21. The summed E-state index contributed by atoms with van der Waals surface area (Å²) in [5.41, 5.74) is 0.182. The Morgan fingerprint density at radius 3 is 2.71 bits per heavy atom. The van der Waals surface area contributed by atoms with Crippen molar-refractivity contribution in [1.29, 1.82) is 0 Å². The zero-order valence-electron chi connectivity index (χ0n) is 9.24. The van der Waals surface area contributed by atoms with Crippen molar-refractivity contribution in [3.8, 4) is 0 Å². The van der Waals surface area contributed by atoms with Gasteiger partial charge in [0.15, 0.2) is 0 Å². The molecule has 0 heterocycles. The number of amides is 1. The Morgan fingerprint density at radius 1 is 1.47 bits per heavy atom. The number of rotatable bonds is 4. The van der Waals surface area contributed by atoms with Crippen LogP contribution in [0.5, 0.6) is 0 Å². The summed E-state index contributed by atoms with van der Waals surface area (Å²) in [5, 5.41) is 11.2. The molecule has 0 aromatic heterocycles. The van der Waals surface area contributed by atoms with Gasteiger partial charge in [0, 0.05) is 13.5 Å². The average molecular weight is 237 g/mol. The summed E-state index contributed by atoms with van der Waals surface area (Å²) < 4.78 is 13.3. The maximum absolute atomic E-state index is 13.3. The Morgan fingerprint density at radius 2 is 2.18 bits per heavy atom. The van der Waals surface area contributed by atoms with Gasteiger partial charge in [0.25, 0.3) is 0 Å². The Balaban J connectivity index is 2.70. The third kappa shape index (κ3) is 4.06. The van der Waals surface area contributed by atoms with Crippen molar-refractivity contribution >= 4 is 18.0 Å². The van der Waals surface area contributed by atoms with E-state index in [0.717, 1.165) is 6.07 Å². The molecule has 0 fully saturated rings. The van der Waals surface area contributed by atoms with Crippen LogP contribution in [0.1, 0.15) is 22.8 Å². The molecule has 4 nitrogen and oxygen atoms in total. The van der Waals surface area contributed by atoms with Gasteiger partial charge in [-0.05, 0) is 17.7 Å². The minimum absolute atomic E-state index is 0.151. The van der Waals surface area contributed by atoms with Crippen LogP contribution in [0.3, 0.4) is 0 Å². The summed E-state index contributed by atoms with van der Waals surface area (Å²) in [5.74, 6) is -2.22. The van der Waals surface area contributed by atoms with E-state index in [1.54, 1.807) is 12.2 Å². The third-order valence-electron chi connectivity index (χ3n) is 2.00. The molecule has 1 aromatic rings. The van der Waals surface area contributed by atoms with Crippen molar-refractivity contribution in [2.75, 3.05) is 6.54 Å². The highest BCUT2D eigenvalue weighted by molar-refractivity contribution is 5.88. The second-order valence-corrected chi connectivity index (χ2v) is 3.38. The van der Waals surface area contributed by atoms with Gasteiger partial charge in [-0.3, -0.25) is 4.79 Å². The van der Waals surface area contributed by atoms with Crippen molar-refractivity contribution in [3.63, 3.8) is 0 Å². The van der Waals surface area contributed by atoms with E-state index >= 15 is 0 Å². The number of nitrogens with one attached hydrogen (secondary N) is 1. The van der Waals surface area contributed by atoms with Gasteiger partial charge in [-0.1, -0.05) is 18.2 Å². The summed E-state index contributed by atoms with van der Waals surface area (Å²) in [7, 11) is 0. The quantitative estimate of drug-likeness (QED) is 0.837. The van der Waals surface area contributed by atoms with Gasteiger partial charge in [-0.2, -0.15) is 0 Å². The minimum atomic E-state index is -1.30. The number of halogens is 1. The van der Waals surface area contributed by atoms with Crippen LogP contribution in [-0.2, 0) is 4.79 Å². The first kappa shape index (κ1) is 12.9. The van der Waals surface area contributed by atoms with Gasteiger partial charge in [0.05, 0.1) is 5.56 Å². The first-order valence-corrected chi connectivity index (χ1v) is 4.94. The number of carbonyl (C=O) groups excluding carboxylic acids is 1. The predicted octanol–water partition coefficient (Wildman–Crippen LogP) is 1.67. The summed E-state index contributed by atoms with van der Waals surface area (Å²) in [6.07, 6.45) is 3.25. The maximum atomic E-state index is 13.3. The van der Waals surface area contributed by atoms with E-state index < -0.39 is 11.8 Å². The van der Waals surface area contributed by atoms with Gasteiger partial charge >= 0.3 is 5.97 Å². The largest absolute Gasteiger partial charge is 0.478 e. The van der Waals surface area contributed by atoms with Gasteiger partial charge < -0.3 is 10.4 Å². The molecule has 90 valence electrons. The highest BCUT2D eigenvalue weighted by atomic mass is 19.1. The van der Waals surface area contributed by atoms with Crippen LogP contribution in [-0.4, -0.2) is 23.5 Å². The summed E-state index contributed by atoms with van der Waals surface area (Å²) in [6.45, 7) is 1.74. The van der Waals surface area contributed by atoms with Gasteiger partial charge in [-0.25, -0.2) is 9.18 Å².